The number of aromatic nitrogens is 1. The lowest BCUT2D eigenvalue weighted by Gasteiger charge is -2.27. The summed E-state index contributed by atoms with van der Waals surface area (Å²) in [6.45, 7) is 3.18. The fraction of sp³-hybridized carbons (Fsp3) is 0.571. The lowest BCUT2D eigenvalue weighted by molar-refractivity contribution is 0.0931. The largest absolute Gasteiger partial charge is 0.351 e. The molecule has 0 atom stereocenters. The van der Waals surface area contributed by atoms with E-state index in [1.807, 2.05) is 6.92 Å². The summed E-state index contributed by atoms with van der Waals surface area (Å²) in [5, 5.41) is 3.01. The van der Waals surface area contributed by atoms with Crippen molar-refractivity contribution in [2.24, 2.45) is 11.1 Å². The first kappa shape index (κ1) is 13.0. The van der Waals surface area contributed by atoms with Crippen LogP contribution in [-0.4, -0.2) is 24.0 Å². The maximum Gasteiger partial charge on any atom is 0.253 e. The molecular formula is C14H21N3O. The molecule has 1 aliphatic rings. The zero-order valence-electron chi connectivity index (χ0n) is 10.9. The van der Waals surface area contributed by atoms with Gasteiger partial charge < -0.3 is 11.1 Å². The predicted molar refractivity (Wildman–Crippen MR) is 71.3 cm³/mol. The molecule has 1 aromatic rings. The van der Waals surface area contributed by atoms with Gasteiger partial charge in [0.05, 0.1) is 5.56 Å². The lowest BCUT2D eigenvalue weighted by atomic mass is 9.86. The Kier molecular flexibility index (Phi) is 3.97. The fourth-order valence-corrected chi connectivity index (χ4v) is 2.67. The first-order valence-corrected chi connectivity index (χ1v) is 6.57. The third kappa shape index (κ3) is 2.70. The topological polar surface area (TPSA) is 68.0 Å². The van der Waals surface area contributed by atoms with Crippen molar-refractivity contribution < 1.29 is 4.79 Å². The summed E-state index contributed by atoms with van der Waals surface area (Å²) in [6, 6.07) is 3.59. The van der Waals surface area contributed by atoms with Crippen LogP contribution in [0.4, 0.5) is 0 Å². The number of aryl methyl sites for hydroxylation is 1. The van der Waals surface area contributed by atoms with Crippen molar-refractivity contribution in [3.05, 3.63) is 29.6 Å². The molecule has 4 nitrogen and oxygen atoms in total. The number of rotatable bonds is 4. The van der Waals surface area contributed by atoms with Crippen molar-refractivity contribution >= 4 is 5.91 Å². The van der Waals surface area contributed by atoms with Crippen LogP contribution < -0.4 is 11.1 Å². The Morgan fingerprint density at radius 1 is 1.50 bits per heavy atom. The summed E-state index contributed by atoms with van der Waals surface area (Å²) in [5.74, 6) is -0.0414. The molecule has 1 fully saturated rings. The highest BCUT2D eigenvalue weighted by atomic mass is 16.1. The number of nitrogens with zero attached hydrogens (tertiary/aromatic N) is 1. The fourth-order valence-electron chi connectivity index (χ4n) is 2.67. The van der Waals surface area contributed by atoms with Gasteiger partial charge in [0.1, 0.15) is 0 Å². The average molecular weight is 247 g/mol. The quantitative estimate of drug-likeness (QED) is 0.850. The molecule has 0 unspecified atom stereocenters. The highest BCUT2D eigenvalue weighted by molar-refractivity contribution is 5.95. The maximum absolute atomic E-state index is 12.1. The van der Waals surface area contributed by atoms with Crippen LogP contribution in [0.5, 0.6) is 0 Å². The van der Waals surface area contributed by atoms with Gasteiger partial charge >= 0.3 is 0 Å². The summed E-state index contributed by atoms with van der Waals surface area (Å²) in [6.07, 6.45) is 6.38. The number of carbonyl (C=O) groups excluding carboxylic acids is 1. The molecule has 0 aliphatic heterocycles. The molecule has 1 amide bonds. The normalized spacial score (nSPS) is 17.7. The summed E-state index contributed by atoms with van der Waals surface area (Å²) < 4.78 is 0. The van der Waals surface area contributed by atoms with Gasteiger partial charge in [-0.05, 0) is 43.9 Å². The summed E-state index contributed by atoms with van der Waals surface area (Å²) in [5.41, 5.74) is 7.40. The Morgan fingerprint density at radius 3 is 2.83 bits per heavy atom. The van der Waals surface area contributed by atoms with Gasteiger partial charge in [-0.3, -0.25) is 9.78 Å². The zero-order chi connectivity index (χ0) is 13.0. The molecule has 0 radical (unpaired) electrons. The number of hydrogen-bond acceptors (Lipinski definition) is 3. The molecule has 0 aromatic carbocycles. The Bertz CT molecular complexity index is 425. The van der Waals surface area contributed by atoms with E-state index in [1.165, 1.54) is 12.8 Å². The molecule has 18 heavy (non-hydrogen) atoms. The van der Waals surface area contributed by atoms with E-state index in [1.54, 1.807) is 18.3 Å². The minimum atomic E-state index is -0.0414. The van der Waals surface area contributed by atoms with Crippen molar-refractivity contribution in [3.8, 4) is 0 Å². The van der Waals surface area contributed by atoms with Crippen molar-refractivity contribution in [3.63, 3.8) is 0 Å². The smallest absolute Gasteiger partial charge is 0.253 e. The van der Waals surface area contributed by atoms with Crippen molar-refractivity contribution in [1.82, 2.24) is 10.3 Å². The molecule has 1 aliphatic carbocycles. The van der Waals surface area contributed by atoms with E-state index in [9.17, 15) is 4.79 Å². The van der Waals surface area contributed by atoms with Gasteiger partial charge in [-0.2, -0.15) is 0 Å². The van der Waals surface area contributed by atoms with E-state index in [0.717, 1.165) is 18.5 Å². The van der Waals surface area contributed by atoms with E-state index in [2.05, 4.69) is 10.3 Å². The van der Waals surface area contributed by atoms with Gasteiger partial charge in [-0.1, -0.05) is 12.8 Å². The molecule has 4 heteroatoms. The Labute approximate surface area is 108 Å². The minimum absolute atomic E-state index is 0.0414. The number of amides is 1. The molecule has 0 saturated heterocycles. The van der Waals surface area contributed by atoms with Crippen LogP contribution in [0.25, 0.3) is 0 Å². The van der Waals surface area contributed by atoms with Gasteiger partial charge in [0.25, 0.3) is 5.91 Å². The monoisotopic (exact) mass is 247 g/mol. The molecule has 1 heterocycles. The van der Waals surface area contributed by atoms with Gasteiger partial charge in [0, 0.05) is 18.4 Å². The van der Waals surface area contributed by atoms with Crippen LogP contribution in [0, 0.1) is 12.3 Å². The van der Waals surface area contributed by atoms with Gasteiger partial charge in [0.15, 0.2) is 0 Å². The molecule has 1 saturated carbocycles. The number of pyridine rings is 1. The standard InChI is InChI=1S/C14H21N3O/c1-11-12(5-4-8-16-11)13(18)17-10-14(9-15)6-2-3-7-14/h4-5,8H,2-3,6-7,9-10,15H2,1H3,(H,17,18). The van der Waals surface area contributed by atoms with E-state index >= 15 is 0 Å². The summed E-state index contributed by atoms with van der Waals surface area (Å²) >= 11 is 0. The van der Waals surface area contributed by atoms with Gasteiger partial charge in [-0.15, -0.1) is 0 Å². The van der Waals surface area contributed by atoms with Crippen molar-refractivity contribution in [2.75, 3.05) is 13.1 Å². The molecular weight excluding hydrogens is 226 g/mol. The Hall–Kier alpha value is -1.42. The van der Waals surface area contributed by atoms with Crippen LogP contribution in [0.2, 0.25) is 0 Å². The summed E-state index contributed by atoms with van der Waals surface area (Å²) in [7, 11) is 0. The van der Waals surface area contributed by atoms with Crippen molar-refractivity contribution in [2.45, 2.75) is 32.6 Å². The highest BCUT2D eigenvalue weighted by Crippen LogP contribution is 2.36. The second kappa shape index (κ2) is 5.48. The van der Waals surface area contributed by atoms with Gasteiger partial charge in [0.2, 0.25) is 0 Å². The number of hydrogen-bond donors (Lipinski definition) is 2. The maximum atomic E-state index is 12.1. The number of carbonyl (C=O) groups is 1. The van der Waals surface area contributed by atoms with E-state index in [0.29, 0.717) is 18.7 Å². The second-order valence-electron chi connectivity index (χ2n) is 5.23. The number of nitrogens with two attached hydrogens (primary N) is 1. The minimum Gasteiger partial charge on any atom is -0.351 e. The Balaban J connectivity index is 1.98. The Morgan fingerprint density at radius 2 is 2.22 bits per heavy atom. The summed E-state index contributed by atoms with van der Waals surface area (Å²) in [4.78, 5) is 16.2. The van der Waals surface area contributed by atoms with Crippen molar-refractivity contribution in [1.29, 1.82) is 0 Å². The van der Waals surface area contributed by atoms with E-state index in [4.69, 9.17) is 5.73 Å². The molecule has 98 valence electrons. The highest BCUT2D eigenvalue weighted by Gasteiger charge is 2.32. The first-order valence-electron chi connectivity index (χ1n) is 6.57. The van der Waals surface area contributed by atoms with Gasteiger partial charge in [-0.25, -0.2) is 0 Å². The molecule has 3 N–H and O–H groups in total. The molecule has 0 spiro atoms. The van der Waals surface area contributed by atoms with Crippen LogP contribution in [0.1, 0.15) is 41.7 Å². The van der Waals surface area contributed by atoms with Crippen LogP contribution >= 0.6 is 0 Å². The van der Waals surface area contributed by atoms with E-state index < -0.39 is 0 Å². The third-order valence-electron chi connectivity index (χ3n) is 3.97. The molecule has 0 bridgehead atoms. The lowest BCUT2D eigenvalue weighted by Crippen LogP contribution is -2.40. The predicted octanol–water partition coefficient (Wildman–Crippen LogP) is 1.64. The second-order valence-corrected chi connectivity index (χ2v) is 5.23. The average Bonchev–Trinajstić information content (AvgIpc) is 2.86. The van der Waals surface area contributed by atoms with Crippen LogP contribution in [-0.2, 0) is 0 Å². The van der Waals surface area contributed by atoms with E-state index in [-0.39, 0.29) is 11.3 Å². The molecule has 2 rings (SSSR count). The zero-order valence-corrected chi connectivity index (χ0v) is 10.9. The SMILES string of the molecule is Cc1ncccc1C(=O)NCC1(CN)CCCC1. The van der Waals surface area contributed by atoms with Crippen LogP contribution in [0.3, 0.4) is 0 Å². The molecule has 1 aromatic heterocycles. The first-order chi connectivity index (χ1) is 8.67. The van der Waals surface area contributed by atoms with Crippen LogP contribution in [0.15, 0.2) is 18.3 Å². The third-order valence-corrected chi connectivity index (χ3v) is 3.97. The number of nitrogens with one attached hydrogen (secondary N) is 1.